The number of primary amides is 1. The molecule has 13 heteroatoms. The molecule has 3 aliphatic rings. The molecule has 1 saturated carbocycles. The molecule has 4 heterocycles. The molecule has 2 aromatic heterocycles. The monoisotopic (exact) mass is 602 g/mol. The van der Waals surface area contributed by atoms with Crippen LogP contribution < -0.4 is 15.4 Å². The lowest BCUT2D eigenvalue weighted by Gasteiger charge is -2.38. The lowest BCUT2D eigenvalue weighted by molar-refractivity contribution is -0.274. The molecule has 0 radical (unpaired) electrons. The van der Waals surface area contributed by atoms with E-state index in [9.17, 15) is 22.4 Å². The number of para-hydroxylation sites is 1. The quantitative estimate of drug-likeness (QED) is 0.224. The van der Waals surface area contributed by atoms with Crippen LogP contribution in [0.2, 0.25) is 0 Å². The first-order valence-electron chi connectivity index (χ1n) is 13.8. The number of thiazole rings is 1. The summed E-state index contributed by atoms with van der Waals surface area (Å²) in [5.74, 6) is -0.788. The number of fused-ring (bicyclic) bond motifs is 3. The lowest BCUT2D eigenvalue weighted by atomic mass is 10.00. The molecule has 42 heavy (non-hydrogen) atoms. The van der Waals surface area contributed by atoms with Crippen molar-refractivity contribution in [3.63, 3.8) is 0 Å². The third-order valence-corrected chi connectivity index (χ3v) is 9.25. The summed E-state index contributed by atoms with van der Waals surface area (Å²) < 4.78 is 70.9. The Labute approximate surface area is 241 Å². The van der Waals surface area contributed by atoms with E-state index in [1.807, 2.05) is 0 Å². The summed E-state index contributed by atoms with van der Waals surface area (Å²) in [6, 6.07) is 8.86. The number of anilines is 1. The molecule has 2 aromatic carbocycles. The van der Waals surface area contributed by atoms with Crippen molar-refractivity contribution >= 4 is 32.6 Å². The molecule has 3 atom stereocenters. The standard InChI is InChI=1S/C29H26F4N4O4S/c30-21-9-15(27(34)38)10-23-25(21)35-28(42-23)37-16-7-8-17(37)12-18(11-16)39-13-20-24(36-41-26(20)14-5-6-14)19-3-1-2-4-22(19)40-29(31,32)33/h1-4,9-10,14,16-18H,5-8,11-13H2,(H2,34,38)/t16-,17+,18-. The number of hydrogen-bond acceptors (Lipinski definition) is 8. The maximum atomic E-state index is 14.7. The highest BCUT2D eigenvalue weighted by molar-refractivity contribution is 7.22. The Kier molecular flexibility index (Phi) is 6.61. The van der Waals surface area contributed by atoms with E-state index in [2.05, 4.69) is 19.8 Å². The van der Waals surface area contributed by atoms with E-state index in [1.54, 1.807) is 12.1 Å². The first-order valence-corrected chi connectivity index (χ1v) is 14.6. The minimum Gasteiger partial charge on any atom is -0.405 e. The number of nitrogens with zero attached hydrogens (tertiary/aromatic N) is 3. The molecular weight excluding hydrogens is 576 g/mol. The molecule has 3 fully saturated rings. The number of nitrogens with two attached hydrogens (primary N) is 1. The summed E-state index contributed by atoms with van der Waals surface area (Å²) in [4.78, 5) is 18.4. The molecule has 7 rings (SSSR count). The first-order chi connectivity index (χ1) is 20.1. The summed E-state index contributed by atoms with van der Waals surface area (Å²) in [6.45, 7) is 0.150. The van der Waals surface area contributed by atoms with Crippen molar-refractivity contribution in [2.75, 3.05) is 4.90 Å². The van der Waals surface area contributed by atoms with Crippen LogP contribution in [0, 0.1) is 5.82 Å². The molecule has 2 saturated heterocycles. The number of ether oxygens (including phenoxy) is 2. The Hall–Kier alpha value is -3.71. The van der Waals surface area contributed by atoms with E-state index in [1.165, 1.54) is 29.5 Å². The first kappa shape index (κ1) is 27.1. The van der Waals surface area contributed by atoms with Crippen molar-refractivity contribution in [1.82, 2.24) is 10.1 Å². The molecular formula is C29H26F4N4O4S. The van der Waals surface area contributed by atoms with Gasteiger partial charge in [0.15, 0.2) is 10.9 Å². The average Bonchev–Trinajstić information content (AvgIpc) is 3.45. The Balaban J connectivity index is 1.10. The largest absolute Gasteiger partial charge is 0.573 e. The van der Waals surface area contributed by atoms with E-state index in [0.717, 1.165) is 31.7 Å². The smallest absolute Gasteiger partial charge is 0.405 e. The van der Waals surface area contributed by atoms with Gasteiger partial charge in [-0.05, 0) is 62.8 Å². The predicted octanol–water partition coefficient (Wildman–Crippen LogP) is 6.68. The number of amides is 1. The van der Waals surface area contributed by atoms with Crippen LogP contribution in [0.1, 0.15) is 66.1 Å². The zero-order valence-electron chi connectivity index (χ0n) is 22.2. The van der Waals surface area contributed by atoms with Gasteiger partial charge in [0.1, 0.15) is 22.7 Å². The average molecular weight is 603 g/mol. The molecule has 1 aliphatic carbocycles. The van der Waals surface area contributed by atoms with Crippen LogP contribution in [0.4, 0.5) is 22.7 Å². The van der Waals surface area contributed by atoms with Crippen LogP contribution in [0.3, 0.4) is 0 Å². The van der Waals surface area contributed by atoms with Gasteiger partial charge >= 0.3 is 6.36 Å². The number of benzene rings is 2. The fourth-order valence-electron chi connectivity index (χ4n) is 6.22. The fourth-order valence-corrected chi connectivity index (χ4v) is 7.38. The fraction of sp³-hybridized carbons (Fsp3) is 0.414. The zero-order valence-corrected chi connectivity index (χ0v) is 23.0. The second-order valence-corrected chi connectivity index (χ2v) is 12.1. The van der Waals surface area contributed by atoms with Crippen LogP contribution in [0.15, 0.2) is 40.9 Å². The highest BCUT2D eigenvalue weighted by Crippen LogP contribution is 2.47. The number of rotatable bonds is 8. The minimum absolute atomic E-state index is 0.0946. The van der Waals surface area contributed by atoms with Gasteiger partial charge < -0.3 is 24.6 Å². The molecule has 2 N–H and O–H groups in total. The van der Waals surface area contributed by atoms with Crippen molar-refractivity contribution in [2.24, 2.45) is 5.73 Å². The summed E-state index contributed by atoms with van der Waals surface area (Å²) in [6.07, 6.45) is 0.212. The number of alkyl halides is 3. The van der Waals surface area contributed by atoms with Gasteiger partial charge in [0.25, 0.3) is 0 Å². The Morgan fingerprint density at radius 3 is 2.55 bits per heavy atom. The second-order valence-electron chi connectivity index (χ2n) is 11.1. The predicted molar refractivity (Wildman–Crippen MR) is 146 cm³/mol. The van der Waals surface area contributed by atoms with Crippen molar-refractivity contribution in [3.05, 3.63) is 59.1 Å². The van der Waals surface area contributed by atoms with Gasteiger partial charge in [0, 0.05) is 34.7 Å². The van der Waals surface area contributed by atoms with E-state index in [4.69, 9.17) is 15.0 Å². The molecule has 0 unspecified atom stereocenters. The maximum absolute atomic E-state index is 14.7. The van der Waals surface area contributed by atoms with E-state index in [-0.39, 0.29) is 53.1 Å². The van der Waals surface area contributed by atoms with Crippen LogP contribution >= 0.6 is 11.3 Å². The van der Waals surface area contributed by atoms with Crippen molar-refractivity contribution < 1.29 is 36.4 Å². The van der Waals surface area contributed by atoms with Crippen molar-refractivity contribution in [3.8, 4) is 17.0 Å². The van der Waals surface area contributed by atoms with Crippen LogP contribution in [0.25, 0.3) is 21.5 Å². The minimum atomic E-state index is -4.84. The van der Waals surface area contributed by atoms with E-state index >= 15 is 0 Å². The number of halogens is 4. The van der Waals surface area contributed by atoms with Gasteiger partial charge in [-0.2, -0.15) is 0 Å². The van der Waals surface area contributed by atoms with Gasteiger partial charge in [-0.1, -0.05) is 28.6 Å². The summed E-state index contributed by atoms with van der Waals surface area (Å²) in [7, 11) is 0. The number of aromatic nitrogens is 2. The molecule has 8 nitrogen and oxygen atoms in total. The molecule has 4 aromatic rings. The lowest BCUT2D eigenvalue weighted by Crippen LogP contribution is -2.45. The Morgan fingerprint density at radius 1 is 1.12 bits per heavy atom. The number of piperidine rings is 1. The zero-order chi connectivity index (χ0) is 29.2. The van der Waals surface area contributed by atoms with Crippen LogP contribution in [0.5, 0.6) is 5.75 Å². The van der Waals surface area contributed by atoms with Crippen LogP contribution in [-0.4, -0.2) is 40.6 Å². The topological polar surface area (TPSA) is 104 Å². The molecule has 1 amide bonds. The number of carbonyl (C=O) groups is 1. The second kappa shape index (κ2) is 10.2. The number of carbonyl (C=O) groups excluding carboxylic acids is 1. The third-order valence-electron chi connectivity index (χ3n) is 8.23. The highest BCUT2D eigenvalue weighted by atomic mass is 32.1. The molecule has 2 bridgehead atoms. The normalized spacial score (nSPS) is 22.2. The van der Waals surface area contributed by atoms with Crippen molar-refractivity contribution in [2.45, 2.75) is 75.6 Å². The van der Waals surface area contributed by atoms with Crippen LogP contribution in [-0.2, 0) is 11.3 Å². The summed E-state index contributed by atoms with van der Waals surface area (Å²) >= 11 is 1.34. The molecule has 0 spiro atoms. The van der Waals surface area contributed by atoms with Crippen molar-refractivity contribution in [1.29, 1.82) is 0 Å². The van der Waals surface area contributed by atoms with Gasteiger partial charge in [-0.3, -0.25) is 4.79 Å². The summed E-state index contributed by atoms with van der Waals surface area (Å²) in [5, 5.41) is 4.87. The van der Waals surface area contributed by atoms with Gasteiger partial charge in [0.2, 0.25) is 5.91 Å². The SMILES string of the molecule is NC(=O)c1cc(F)c2nc(N3[C@@H]4CC[C@H]3C[C@H](OCc3c(-c5ccccc5OC(F)(F)F)noc3C3CC3)C4)sc2c1. The molecule has 220 valence electrons. The number of hydrogen-bond donors (Lipinski definition) is 1. The summed E-state index contributed by atoms with van der Waals surface area (Å²) in [5.41, 5.74) is 6.82. The maximum Gasteiger partial charge on any atom is 0.573 e. The van der Waals surface area contributed by atoms with Gasteiger partial charge in [-0.15, -0.1) is 13.2 Å². The highest BCUT2D eigenvalue weighted by Gasteiger charge is 2.43. The van der Waals surface area contributed by atoms with E-state index < -0.39 is 18.1 Å². The Morgan fingerprint density at radius 2 is 1.86 bits per heavy atom. The van der Waals surface area contributed by atoms with Gasteiger partial charge in [-0.25, -0.2) is 9.37 Å². The Bertz CT molecular complexity index is 1650. The van der Waals surface area contributed by atoms with E-state index in [0.29, 0.717) is 39.7 Å². The third kappa shape index (κ3) is 5.08. The van der Waals surface area contributed by atoms with Gasteiger partial charge in [0.05, 0.1) is 17.4 Å². The molecule has 2 aliphatic heterocycles.